The van der Waals surface area contributed by atoms with E-state index in [9.17, 15) is 10.2 Å². The zero-order valence-electron chi connectivity index (χ0n) is 8.51. The van der Waals surface area contributed by atoms with E-state index < -0.39 is 0 Å². The maximum atomic E-state index is 9.65. The number of phenols is 2. The second-order valence-electron chi connectivity index (χ2n) is 3.37. The Bertz CT molecular complexity index is 551. The van der Waals surface area contributed by atoms with Crippen molar-refractivity contribution >= 4 is 0 Å². The summed E-state index contributed by atoms with van der Waals surface area (Å²) in [4.78, 5) is 0. The molecule has 2 N–H and O–H groups in total. The Morgan fingerprint density at radius 2 is 1.62 bits per heavy atom. The van der Waals surface area contributed by atoms with Crippen molar-refractivity contribution in [3.63, 3.8) is 0 Å². The molecule has 0 aliphatic rings. The zero-order valence-corrected chi connectivity index (χ0v) is 8.51. The van der Waals surface area contributed by atoms with Gasteiger partial charge in [0, 0.05) is 5.56 Å². The van der Waals surface area contributed by atoms with E-state index in [0.717, 1.165) is 11.1 Å². The highest BCUT2D eigenvalue weighted by atomic mass is 16.3. The van der Waals surface area contributed by atoms with Gasteiger partial charge in [0.25, 0.3) is 0 Å². The molecule has 0 bridgehead atoms. The van der Waals surface area contributed by atoms with Crippen molar-refractivity contribution in [3.05, 3.63) is 48.0 Å². The molecule has 0 aliphatic heterocycles. The molecule has 2 nitrogen and oxygen atoms in total. The first-order valence-electron chi connectivity index (χ1n) is 4.81. The van der Waals surface area contributed by atoms with Crippen LogP contribution < -0.4 is 0 Å². The summed E-state index contributed by atoms with van der Waals surface area (Å²) < 4.78 is 0. The number of hydrogen-bond donors (Lipinski definition) is 2. The minimum Gasteiger partial charge on any atom is -0.504 e. The van der Waals surface area contributed by atoms with Gasteiger partial charge < -0.3 is 10.2 Å². The summed E-state index contributed by atoms with van der Waals surface area (Å²) in [5, 5.41) is 19.0. The lowest BCUT2D eigenvalue weighted by Crippen LogP contribution is -1.85. The summed E-state index contributed by atoms with van der Waals surface area (Å²) in [6.07, 6.45) is 5.34. The first kappa shape index (κ1) is 10.1. The molecule has 2 aromatic rings. The molecule has 2 heteroatoms. The smallest absolute Gasteiger partial charge is 0.174 e. The second-order valence-corrected chi connectivity index (χ2v) is 3.37. The van der Waals surface area contributed by atoms with Crippen LogP contribution in [0.5, 0.6) is 11.5 Å². The minimum atomic E-state index is -0.246. The van der Waals surface area contributed by atoms with Crippen LogP contribution in [0.3, 0.4) is 0 Å². The maximum Gasteiger partial charge on any atom is 0.174 e. The summed E-state index contributed by atoms with van der Waals surface area (Å²) in [7, 11) is 0. The summed E-state index contributed by atoms with van der Waals surface area (Å²) in [5.41, 5.74) is 1.95. The summed E-state index contributed by atoms with van der Waals surface area (Å²) in [5.74, 6) is 1.95. The molecule has 2 aromatic carbocycles. The van der Waals surface area contributed by atoms with Crippen LogP contribution in [-0.4, -0.2) is 10.2 Å². The first-order chi connectivity index (χ1) is 7.74. The van der Waals surface area contributed by atoms with E-state index in [1.54, 1.807) is 6.07 Å². The van der Waals surface area contributed by atoms with Gasteiger partial charge in [0.05, 0.1) is 5.56 Å². The third-order valence-electron chi connectivity index (χ3n) is 2.39. The highest BCUT2D eigenvalue weighted by molar-refractivity contribution is 5.76. The summed E-state index contributed by atoms with van der Waals surface area (Å²) in [6, 6.07) is 12.6. The molecule has 0 fully saturated rings. The largest absolute Gasteiger partial charge is 0.504 e. The molecule has 0 saturated heterocycles. The molecular formula is C14H10O2. The first-order valence-corrected chi connectivity index (χ1v) is 4.81. The fraction of sp³-hybridized carbons (Fsp3) is 0. The van der Waals surface area contributed by atoms with Gasteiger partial charge in [-0.15, -0.1) is 6.42 Å². The van der Waals surface area contributed by atoms with E-state index in [2.05, 4.69) is 5.92 Å². The van der Waals surface area contributed by atoms with E-state index in [1.807, 2.05) is 30.3 Å². The highest BCUT2D eigenvalue weighted by Gasteiger charge is 2.11. The Morgan fingerprint density at radius 1 is 0.938 bits per heavy atom. The quantitative estimate of drug-likeness (QED) is 0.561. The van der Waals surface area contributed by atoms with Gasteiger partial charge in [-0.05, 0) is 17.7 Å². The molecule has 78 valence electrons. The van der Waals surface area contributed by atoms with Crippen molar-refractivity contribution in [2.24, 2.45) is 0 Å². The predicted molar refractivity (Wildman–Crippen MR) is 63.1 cm³/mol. The van der Waals surface area contributed by atoms with Crippen molar-refractivity contribution in [2.45, 2.75) is 0 Å². The maximum absolute atomic E-state index is 9.65. The van der Waals surface area contributed by atoms with Crippen LogP contribution in [0.25, 0.3) is 11.1 Å². The lowest BCUT2D eigenvalue weighted by Gasteiger charge is -2.08. The van der Waals surface area contributed by atoms with E-state index in [4.69, 9.17) is 6.42 Å². The number of phenolic OH excluding ortho intramolecular Hbond substituents is 2. The average molecular weight is 210 g/mol. The fourth-order valence-corrected chi connectivity index (χ4v) is 1.58. The lowest BCUT2D eigenvalue weighted by atomic mass is 9.99. The molecule has 0 radical (unpaired) electrons. The third kappa shape index (κ3) is 1.59. The molecular weight excluding hydrogens is 200 g/mol. The van der Waals surface area contributed by atoms with Crippen molar-refractivity contribution in [1.82, 2.24) is 0 Å². The number of benzene rings is 2. The standard InChI is InChI=1S/C14H10O2/c1-2-11-12(8-9-13(15)14(11)16)10-6-4-3-5-7-10/h1,3-9,15-16H. The molecule has 0 amide bonds. The van der Waals surface area contributed by atoms with Gasteiger partial charge >= 0.3 is 0 Å². The Morgan fingerprint density at radius 3 is 2.25 bits per heavy atom. The van der Waals surface area contributed by atoms with Crippen molar-refractivity contribution in [2.75, 3.05) is 0 Å². The summed E-state index contributed by atoms with van der Waals surface area (Å²) in [6.45, 7) is 0. The molecule has 0 saturated carbocycles. The second kappa shape index (κ2) is 4.00. The lowest BCUT2D eigenvalue weighted by molar-refractivity contribution is 0.403. The van der Waals surface area contributed by atoms with Crippen LogP contribution >= 0.6 is 0 Å². The SMILES string of the molecule is C#Cc1c(-c2ccccc2)ccc(O)c1O. The average Bonchev–Trinajstić information content (AvgIpc) is 2.33. The van der Waals surface area contributed by atoms with Crippen LogP contribution in [-0.2, 0) is 0 Å². The van der Waals surface area contributed by atoms with E-state index in [1.165, 1.54) is 6.07 Å². The minimum absolute atomic E-state index is 0.201. The Kier molecular flexibility index (Phi) is 2.53. The molecule has 0 aliphatic carbocycles. The van der Waals surface area contributed by atoms with Crippen molar-refractivity contribution in [1.29, 1.82) is 0 Å². The van der Waals surface area contributed by atoms with Crippen LogP contribution in [0.1, 0.15) is 5.56 Å². The molecule has 2 rings (SSSR count). The molecule has 0 aromatic heterocycles. The molecule has 16 heavy (non-hydrogen) atoms. The predicted octanol–water partition coefficient (Wildman–Crippen LogP) is 2.75. The number of aromatic hydroxyl groups is 2. The molecule has 0 unspecified atom stereocenters. The van der Waals surface area contributed by atoms with Gasteiger partial charge in [-0.25, -0.2) is 0 Å². The number of terminal acetylenes is 1. The van der Waals surface area contributed by atoms with Gasteiger partial charge in [-0.3, -0.25) is 0 Å². The van der Waals surface area contributed by atoms with E-state index in [-0.39, 0.29) is 11.5 Å². The van der Waals surface area contributed by atoms with E-state index in [0.29, 0.717) is 5.56 Å². The van der Waals surface area contributed by atoms with Crippen LogP contribution in [0.15, 0.2) is 42.5 Å². The molecule has 0 spiro atoms. The topological polar surface area (TPSA) is 40.5 Å². The van der Waals surface area contributed by atoms with Crippen LogP contribution in [0.2, 0.25) is 0 Å². The Balaban J connectivity index is 2.68. The normalized spacial score (nSPS) is 9.69. The fourth-order valence-electron chi connectivity index (χ4n) is 1.58. The van der Waals surface area contributed by atoms with Crippen molar-refractivity contribution < 1.29 is 10.2 Å². The number of hydrogen-bond acceptors (Lipinski definition) is 2. The van der Waals surface area contributed by atoms with Gasteiger partial charge in [-0.2, -0.15) is 0 Å². The van der Waals surface area contributed by atoms with Gasteiger partial charge in [-0.1, -0.05) is 36.3 Å². The highest BCUT2D eigenvalue weighted by Crippen LogP contribution is 2.35. The number of rotatable bonds is 1. The van der Waals surface area contributed by atoms with E-state index >= 15 is 0 Å². The van der Waals surface area contributed by atoms with Crippen molar-refractivity contribution in [3.8, 4) is 35.0 Å². The van der Waals surface area contributed by atoms with Gasteiger partial charge in [0.15, 0.2) is 11.5 Å². The molecule has 0 heterocycles. The summed E-state index contributed by atoms with van der Waals surface area (Å²) >= 11 is 0. The zero-order chi connectivity index (χ0) is 11.5. The van der Waals surface area contributed by atoms with Gasteiger partial charge in [0.1, 0.15) is 0 Å². The van der Waals surface area contributed by atoms with Crippen LogP contribution in [0, 0.1) is 12.3 Å². The Hall–Kier alpha value is -2.40. The van der Waals surface area contributed by atoms with Crippen LogP contribution in [0.4, 0.5) is 0 Å². The Labute approximate surface area is 93.8 Å². The molecule has 0 atom stereocenters. The third-order valence-corrected chi connectivity index (χ3v) is 2.39. The van der Waals surface area contributed by atoms with Gasteiger partial charge in [0.2, 0.25) is 0 Å². The monoisotopic (exact) mass is 210 g/mol.